The Morgan fingerprint density at radius 3 is 2.81 bits per heavy atom. The first-order valence-corrected chi connectivity index (χ1v) is 10.3. The van der Waals surface area contributed by atoms with Crippen LogP contribution >= 0.6 is 11.3 Å². The van der Waals surface area contributed by atoms with Crippen LogP contribution in [0.2, 0.25) is 0 Å². The predicted molar refractivity (Wildman–Crippen MR) is 110 cm³/mol. The first-order valence-electron chi connectivity index (χ1n) is 9.52. The van der Waals surface area contributed by atoms with Crippen molar-refractivity contribution < 1.29 is 4.79 Å². The summed E-state index contributed by atoms with van der Waals surface area (Å²) in [6.45, 7) is 6.08. The molecule has 1 aliphatic carbocycles. The number of nitriles is 1. The number of piperazine rings is 1. The molecule has 1 amide bonds. The lowest BCUT2D eigenvalue weighted by Gasteiger charge is -2.35. The van der Waals surface area contributed by atoms with Gasteiger partial charge < -0.3 is 10.2 Å². The van der Waals surface area contributed by atoms with Crippen molar-refractivity contribution in [2.24, 2.45) is 0 Å². The van der Waals surface area contributed by atoms with Gasteiger partial charge in [-0.15, -0.1) is 11.3 Å². The fraction of sp³-hybridized carbons (Fsp3) is 0.429. The highest BCUT2D eigenvalue weighted by molar-refractivity contribution is 7.16. The van der Waals surface area contributed by atoms with Crippen molar-refractivity contribution >= 4 is 27.9 Å². The molecule has 6 heteroatoms. The number of carbonyl (C=O) groups is 1. The summed E-state index contributed by atoms with van der Waals surface area (Å²) in [6, 6.07) is 10.9. The first-order chi connectivity index (χ1) is 13.1. The number of hydrogen-bond donors (Lipinski definition) is 1. The molecule has 4 rings (SSSR count). The van der Waals surface area contributed by atoms with Crippen LogP contribution in [0.3, 0.4) is 0 Å². The number of anilines is 2. The molecule has 0 radical (unpaired) electrons. The number of nitrogens with one attached hydrogen (secondary N) is 1. The van der Waals surface area contributed by atoms with Crippen molar-refractivity contribution in [2.75, 3.05) is 42.9 Å². The summed E-state index contributed by atoms with van der Waals surface area (Å²) in [7, 11) is 0. The van der Waals surface area contributed by atoms with Crippen molar-refractivity contribution in [3.05, 3.63) is 45.8 Å². The van der Waals surface area contributed by atoms with Gasteiger partial charge in [-0.25, -0.2) is 0 Å². The standard InChI is InChI=1S/C21H24N4OS/c1-15-4-2-5-16(12-15)25-10-8-24(9-11-25)14-20(26)23-21-18(13-22)17-6-3-7-19(17)27-21/h2,4-5,12H,3,6-11,14H2,1H3,(H,23,26). The van der Waals surface area contributed by atoms with Crippen LogP contribution in [-0.2, 0) is 17.6 Å². The number of hydrogen-bond acceptors (Lipinski definition) is 5. The average Bonchev–Trinajstić information content (AvgIpc) is 3.23. The van der Waals surface area contributed by atoms with Crippen LogP contribution in [0.5, 0.6) is 0 Å². The number of fused-ring (bicyclic) bond motifs is 1. The molecule has 0 saturated carbocycles. The SMILES string of the molecule is Cc1cccc(N2CCN(CC(=O)Nc3sc4c(c3C#N)CCC4)CC2)c1. The van der Waals surface area contributed by atoms with E-state index in [4.69, 9.17) is 0 Å². The number of amides is 1. The molecule has 5 nitrogen and oxygen atoms in total. The predicted octanol–water partition coefficient (Wildman–Crippen LogP) is 3.18. The fourth-order valence-corrected chi connectivity index (χ4v) is 5.22. The lowest BCUT2D eigenvalue weighted by atomic mass is 10.1. The van der Waals surface area contributed by atoms with E-state index in [-0.39, 0.29) is 5.91 Å². The van der Waals surface area contributed by atoms with E-state index in [9.17, 15) is 10.1 Å². The Morgan fingerprint density at radius 1 is 1.26 bits per heavy atom. The number of nitrogens with zero attached hydrogens (tertiary/aromatic N) is 3. The maximum atomic E-state index is 12.5. The minimum Gasteiger partial charge on any atom is -0.369 e. The topological polar surface area (TPSA) is 59.4 Å². The number of carbonyl (C=O) groups excluding carboxylic acids is 1. The van der Waals surface area contributed by atoms with E-state index in [0.717, 1.165) is 56.0 Å². The van der Waals surface area contributed by atoms with Crippen LogP contribution < -0.4 is 10.2 Å². The quantitative estimate of drug-likeness (QED) is 0.885. The zero-order chi connectivity index (χ0) is 18.8. The van der Waals surface area contributed by atoms with Gasteiger partial charge in [-0.3, -0.25) is 9.69 Å². The van der Waals surface area contributed by atoms with Gasteiger partial charge in [-0.05, 0) is 49.4 Å². The van der Waals surface area contributed by atoms with Crippen LogP contribution in [0.4, 0.5) is 10.7 Å². The summed E-state index contributed by atoms with van der Waals surface area (Å²) >= 11 is 1.58. The Balaban J connectivity index is 1.32. The van der Waals surface area contributed by atoms with Gasteiger partial charge in [0.25, 0.3) is 0 Å². The summed E-state index contributed by atoms with van der Waals surface area (Å²) in [4.78, 5) is 18.3. The Morgan fingerprint density at radius 2 is 2.07 bits per heavy atom. The van der Waals surface area contributed by atoms with Crippen LogP contribution in [0, 0.1) is 18.3 Å². The van der Waals surface area contributed by atoms with E-state index in [1.807, 2.05) is 0 Å². The minimum atomic E-state index is -0.0181. The molecule has 0 atom stereocenters. The van der Waals surface area contributed by atoms with Gasteiger partial charge in [0, 0.05) is 36.7 Å². The zero-order valence-electron chi connectivity index (χ0n) is 15.6. The van der Waals surface area contributed by atoms with Crippen molar-refractivity contribution in [1.29, 1.82) is 5.26 Å². The molecule has 0 bridgehead atoms. The molecule has 1 aromatic heterocycles. The van der Waals surface area contributed by atoms with Gasteiger partial charge >= 0.3 is 0 Å². The second-order valence-electron chi connectivity index (χ2n) is 7.32. The molecule has 0 unspecified atom stereocenters. The molecule has 1 saturated heterocycles. The summed E-state index contributed by atoms with van der Waals surface area (Å²) < 4.78 is 0. The molecular weight excluding hydrogens is 356 g/mol. The third kappa shape index (κ3) is 3.85. The summed E-state index contributed by atoms with van der Waals surface area (Å²) in [5, 5.41) is 13.2. The van der Waals surface area contributed by atoms with E-state index in [1.165, 1.54) is 16.1 Å². The van der Waals surface area contributed by atoms with Crippen LogP contribution in [-0.4, -0.2) is 43.5 Å². The van der Waals surface area contributed by atoms with Crippen LogP contribution in [0.25, 0.3) is 0 Å². The molecule has 0 spiro atoms. The largest absolute Gasteiger partial charge is 0.369 e. The van der Waals surface area contributed by atoms with Crippen molar-refractivity contribution in [3.63, 3.8) is 0 Å². The molecule has 1 aromatic carbocycles. The third-order valence-corrected chi connectivity index (χ3v) is 6.60. The van der Waals surface area contributed by atoms with Gasteiger partial charge in [-0.1, -0.05) is 12.1 Å². The molecule has 2 heterocycles. The molecular formula is C21H24N4OS. The molecule has 1 fully saturated rings. The second-order valence-corrected chi connectivity index (χ2v) is 8.43. The van der Waals surface area contributed by atoms with Crippen molar-refractivity contribution in [2.45, 2.75) is 26.2 Å². The Kier molecular flexibility index (Phi) is 5.15. The van der Waals surface area contributed by atoms with Gasteiger partial charge in [0.15, 0.2) is 0 Å². The smallest absolute Gasteiger partial charge is 0.239 e. The molecule has 27 heavy (non-hydrogen) atoms. The lowest BCUT2D eigenvalue weighted by Crippen LogP contribution is -2.48. The molecule has 2 aliphatic rings. The van der Waals surface area contributed by atoms with Crippen LogP contribution in [0.1, 0.15) is 28.0 Å². The maximum Gasteiger partial charge on any atom is 0.239 e. The highest BCUT2D eigenvalue weighted by atomic mass is 32.1. The van der Waals surface area contributed by atoms with Crippen LogP contribution in [0.15, 0.2) is 24.3 Å². The van der Waals surface area contributed by atoms with E-state index in [2.05, 4.69) is 52.4 Å². The summed E-state index contributed by atoms with van der Waals surface area (Å²) in [5.41, 5.74) is 4.37. The normalized spacial score (nSPS) is 16.8. The second kappa shape index (κ2) is 7.71. The Labute approximate surface area is 164 Å². The Bertz CT molecular complexity index is 890. The van der Waals surface area contributed by atoms with Crippen molar-refractivity contribution in [3.8, 4) is 6.07 Å². The van der Waals surface area contributed by atoms with E-state index in [1.54, 1.807) is 11.3 Å². The number of benzene rings is 1. The zero-order valence-corrected chi connectivity index (χ0v) is 16.4. The number of rotatable bonds is 4. The molecule has 140 valence electrons. The fourth-order valence-electron chi connectivity index (χ4n) is 3.97. The molecule has 1 N–H and O–H groups in total. The highest BCUT2D eigenvalue weighted by Gasteiger charge is 2.24. The van der Waals surface area contributed by atoms with Gasteiger partial charge in [0.2, 0.25) is 5.91 Å². The Hall–Kier alpha value is -2.36. The summed E-state index contributed by atoms with van der Waals surface area (Å²) in [6.07, 6.45) is 3.12. The highest BCUT2D eigenvalue weighted by Crippen LogP contribution is 2.38. The average molecular weight is 381 g/mol. The number of aryl methyl sites for hydroxylation is 2. The van der Waals surface area contributed by atoms with E-state index < -0.39 is 0 Å². The third-order valence-electron chi connectivity index (χ3n) is 5.39. The lowest BCUT2D eigenvalue weighted by molar-refractivity contribution is -0.117. The van der Waals surface area contributed by atoms with Gasteiger partial charge in [0.05, 0.1) is 12.1 Å². The van der Waals surface area contributed by atoms with E-state index >= 15 is 0 Å². The minimum absolute atomic E-state index is 0.0181. The van der Waals surface area contributed by atoms with Gasteiger partial charge in [0.1, 0.15) is 11.1 Å². The maximum absolute atomic E-state index is 12.5. The molecule has 1 aliphatic heterocycles. The molecule has 2 aromatic rings. The van der Waals surface area contributed by atoms with Crippen molar-refractivity contribution in [1.82, 2.24) is 4.90 Å². The number of thiophene rings is 1. The monoisotopic (exact) mass is 380 g/mol. The van der Waals surface area contributed by atoms with Gasteiger partial charge in [-0.2, -0.15) is 5.26 Å². The van der Waals surface area contributed by atoms with E-state index in [0.29, 0.717) is 12.1 Å². The first kappa shape index (κ1) is 18.0. The summed E-state index contributed by atoms with van der Waals surface area (Å²) in [5.74, 6) is -0.0181.